The van der Waals surface area contributed by atoms with Crippen LogP contribution in [0.3, 0.4) is 0 Å². The first-order valence-electron chi connectivity index (χ1n) is 15.7. The van der Waals surface area contributed by atoms with E-state index in [0.717, 1.165) is 62.8 Å². The quantitative estimate of drug-likeness (QED) is 0.110. The molecule has 6 rings (SSSR count). The molecule has 0 spiro atoms. The number of nitrogens with zero attached hydrogens (tertiary/aromatic N) is 4. The summed E-state index contributed by atoms with van der Waals surface area (Å²) in [4.78, 5) is 38.3. The van der Waals surface area contributed by atoms with E-state index >= 15 is 0 Å². The number of benzene rings is 2. The van der Waals surface area contributed by atoms with Crippen LogP contribution in [-0.2, 0) is 26.8 Å². The monoisotopic (exact) mass is 737 g/mol. The van der Waals surface area contributed by atoms with Crippen LogP contribution in [0, 0.1) is 23.3 Å². The van der Waals surface area contributed by atoms with Crippen molar-refractivity contribution in [1.29, 1.82) is 0 Å². The van der Waals surface area contributed by atoms with Crippen molar-refractivity contribution in [2.75, 3.05) is 13.2 Å². The van der Waals surface area contributed by atoms with Gasteiger partial charge >= 0.3 is 11.9 Å². The van der Waals surface area contributed by atoms with Gasteiger partial charge < -0.3 is 15.2 Å². The van der Waals surface area contributed by atoms with E-state index in [1.165, 1.54) is 36.9 Å². The van der Waals surface area contributed by atoms with Crippen LogP contribution in [0.5, 0.6) is 0 Å². The number of rotatable bonds is 8. The van der Waals surface area contributed by atoms with Gasteiger partial charge in [-0.15, -0.1) is 12.4 Å². The molecule has 2 aromatic carbocycles. The molecule has 0 amide bonds. The number of carbonyl (C=O) groups excluding carboxylic acids is 2. The second-order valence-electron chi connectivity index (χ2n) is 11.6. The van der Waals surface area contributed by atoms with E-state index in [0.29, 0.717) is 35.5 Å². The predicted octanol–water partition coefficient (Wildman–Crippen LogP) is 7.63. The number of carbonyl (C=O) groups is 2. The van der Waals surface area contributed by atoms with Crippen molar-refractivity contribution < 1.29 is 36.6 Å². The Labute approximate surface area is 298 Å². The van der Waals surface area contributed by atoms with Gasteiger partial charge in [0.05, 0.1) is 24.3 Å². The fraction of sp³-hybridized carbons (Fsp3) is 0.371. The SMILES string of the molecule is CCOC(=O)c1cnc(CC2(c3cc(F)ccc3F)CCC2)nc1.CCOC(=O)c1cnc(Cl)nc1.Cl.NC1(c2cc(F)ccc2F)CCC1. The van der Waals surface area contributed by atoms with E-state index in [9.17, 15) is 27.2 Å². The molecule has 9 nitrogen and oxygen atoms in total. The Balaban J connectivity index is 0.000000220. The highest BCUT2D eigenvalue weighted by molar-refractivity contribution is 6.28. The van der Waals surface area contributed by atoms with Crippen LogP contribution >= 0.6 is 24.0 Å². The van der Waals surface area contributed by atoms with Crippen molar-refractivity contribution in [2.24, 2.45) is 5.73 Å². The zero-order valence-corrected chi connectivity index (χ0v) is 29.0. The average Bonchev–Trinajstić information content (AvgIpc) is 3.05. The smallest absolute Gasteiger partial charge is 0.341 e. The fourth-order valence-electron chi connectivity index (χ4n) is 5.46. The van der Waals surface area contributed by atoms with Gasteiger partial charge in [-0.3, -0.25) is 0 Å². The normalized spacial score (nSPS) is 14.9. The van der Waals surface area contributed by atoms with Crippen molar-refractivity contribution in [3.05, 3.63) is 118 Å². The second-order valence-corrected chi connectivity index (χ2v) is 12.0. The van der Waals surface area contributed by atoms with Gasteiger partial charge in [-0.2, -0.15) is 0 Å². The van der Waals surface area contributed by atoms with Gasteiger partial charge in [-0.1, -0.05) is 6.42 Å². The lowest BCUT2D eigenvalue weighted by atomic mass is 9.62. The summed E-state index contributed by atoms with van der Waals surface area (Å²) in [6.07, 6.45) is 10.8. The summed E-state index contributed by atoms with van der Waals surface area (Å²) in [5.74, 6) is -2.08. The first-order valence-corrected chi connectivity index (χ1v) is 16.1. The molecule has 0 unspecified atom stereocenters. The van der Waals surface area contributed by atoms with E-state index in [1.54, 1.807) is 13.8 Å². The fourth-order valence-corrected chi connectivity index (χ4v) is 5.55. The minimum atomic E-state index is -0.619. The molecule has 2 aliphatic carbocycles. The molecule has 0 radical (unpaired) electrons. The molecular formula is C35H37Cl2F4N5O4. The third kappa shape index (κ3) is 10.2. The molecule has 2 saturated carbocycles. The van der Waals surface area contributed by atoms with Crippen molar-refractivity contribution in [2.45, 2.75) is 69.7 Å². The van der Waals surface area contributed by atoms with Crippen LogP contribution in [0.15, 0.2) is 61.2 Å². The predicted molar refractivity (Wildman–Crippen MR) is 180 cm³/mol. The van der Waals surface area contributed by atoms with E-state index in [-0.39, 0.29) is 29.9 Å². The van der Waals surface area contributed by atoms with Crippen molar-refractivity contribution in [3.63, 3.8) is 0 Å². The van der Waals surface area contributed by atoms with Crippen LogP contribution in [0.4, 0.5) is 17.6 Å². The summed E-state index contributed by atoms with van der Waals surface area (Å²) in [6, 6.07) is 7.00. The maximum atomic E-state index is 14.2. The summed E-state index contributed by atoms with van der Waals surface area (Å²) in [5.41, 5.74) is 6.08. The highest BCUT2D eigenvalue weighted by Gasteiger charge is 2.41. The number of halogens is 6. The molecule has 0 bridgehead atoms. The van der Waals surface area contributed by atoms with E-state index in [1.807, 2.05) is 0 Å². The maximum absolute atomic E-state index is 14.2. The highest BCUT2D eigenvalue weighted by atomic mass is 35.5. The molecule has 15 heteroatoms. The third-order valence-corrected chi connectivity index (χ3v) is 8.56. The van der Waals surface area contributed by atoms with E-state index < -0.39 is 46.2 Å². The van der Waals surface area contributed by atoms with Crippen LogP contribution in [0.1, 0.15) is 90.0 Å². The van der Waals surface area contributed by atoms with Gasteiger partial charge in [0.15, 0.2) is 0 Å². The summed E-state index contributed by atoms with van der Waals surface area (Å²) in [5, 5.41) is 0.114. The lowest BCUT2D eigenvalue weighted by molar-refractivity contribution is 0.0515. The van der Waals surface area contributed by atoms with Gasteiger partial charge in [0.25, 0.3) is 0 Å². The standard InChI is InChI=1S/C18H18F2N2O2.C10H11F2N.C7H7ClN2O2.ClH/c1-2-24-17(23)12-10-21-16(22-11-12)9-18(6-3-7-18)14-8-13(19)4-5-15(14)20;11-7-2-3-9(12)8(6-7)10(13)4-1-5-10;1-2-12-6(11)5-3-9-7(8)10-4-5;/h4-5,8,10-11H,2-3,6-7,9H2,1H3;2-3,6H,1,4-5,13H2;3-4H,2H2,1H3;1H. The molecule has 2 aliphatic rings. The van der Waals surface area contributed by atoms with Crippen molar-refractivity contribution in [3.8, 4) is 0 Å². The maximum Gasteiger partial charge on any atom is 0.341 e. The Morgan fingerprint density at radius 2 is 1.18 bits per heavy atom. The lowest BCUT2D eigenvalue weighted by Gasteiger charge is -2.42. The molecular weight excluding hydrogens is 701 g/mol. The number of nitrogens with two attached hydrogens (primary N) is 1. The molecule has 0 saturated heterocycles. The summed E-state index contributed by atoms with van der Waals surface area (Å²) in [6.45, 7) is 4.07. The largest absolute Gasteiger partial charge is 0.462 e. The van der Waals surface area contributed by atoms with Crippen molar-refractivity contribution in [1.82, 2.24) is 19.9 Å². The van der Waals surface area contributed by atoms with E-state index in [2.05, 4.69) is 19.9 Å². The second kappa shape index (κ2) is 18.2. The molecule has 2 heterocycles. The van der Waals surface area contributed by atoms with Crippen LogP contribution in [-0.4, -0.2) is 45.1 Å². The molecule has 2 N–H and O–H groups in total. The Kier molecular flexibility index (Phi) is 14.6. The summed E-state index contributed by atoms with van der Waals surface area (Å²) in [7, 11) is 0. The number of ether oxygens (including phenoxy) is 2. The van der Waals surface area contributed by atoms with Gasteiger partial charge in [0, 0.05) is 47.7 Å². The van der Waals surface area contributed by atoms with Gasteiger partial charge in [0.2, 0.25) is 5.28 Å². The number of hydrogen-bond acceptors (Lipinski definition) is 9. The molecule has 0 aliphatic heterocycles. The minimum absolute atomic E-state index is 0. The van der Waals surface area contributed by atoms with Gasteiger partial charge in [-0.25, -0.2) is 47.1 Å². The molecule has 4 aromatic rings. The summed E-state index contributed by atoms with van der Waals surface area (Å²) < 4.78 is 63.4. The number of aromatic nitrogens is 4. The average molecular weight is 739 g/mol. The molecule has 50 heavy (non-hydrogen) atoms. The topological polar surface area (TPSA) is 130 Å². The number of hydrogen-bond donors (Lipinski definition) is 1. The Hall–Kier alpha value is -4.20. The van der Waals surface area contributed by atoms with Gasteiger partial charge in [0.1, 0.15) is 29.1 Å². The highest BCUT2D eigenvalue weighted by Crippen LogP contribution is 2.47. The zero-order valence-electron chi connectivity index (χ0n) is 27.4. The first-order chi connectivity index (χ1) is 23.4. The molecule has 0 atom stereocenters. The third-order valence-electron chi connectivity index (χ3n) is 8.37. The number of esters is 2. The van der Waals surface area contributed by atoms with Crippen molar-refractivity contribution >= 4 is 35.9 Å². The molecule has 2 aromatic heterocycles. The Morgan fingerprint density at radius 3 is 1.60 bits per heavy atom. The lowest BCUT2D eigenvalue weighted by Crippen LogP contribution is -2.44. The van der Waals surface area contributed by atoms with Gasteiger partial charge in [-0.05, 0) is 99.5 Å². The van der Waals surface area contributed by atoms with E-state index in [4.69, 9.17) is 26.8 Å². The Morgan fingerprint density at radius 1 is 0.740 bits per heavy atom. The van der Waals surface area contributed by atoms with Crippen LogP contribution < -0.4 is 5.73 Å². The molecule has 2 fully saturated rings. The zero-order chi connectivity index (χ0) is 35.6. The summed E-state index contributed by atoms with van der Waals surface area (Å²) >= 11 is 5.42. The van der Waals surface area contributed by atoms with Crippen LogP contribution in [0.25, 0.3) is 0 Å². The first kappa shape index (κ1) is 40.2. The Bertz CT molecular complexity index is 1740. The minimum Gasteiger partial charge on any atom is -0.462 e. The van der Waals surface area contributed by atoms with Crippen LogP contribution in [0.2, 0.25) is 5.28 Å². The molecule has 268 valence electrons.